The third-order valence-electron chi connectivity index (χ3n) is 7.87. The van der Waals surface area contributed by atoms with Gasteiger partial charge >= 0.3 is 0 Å². The number of hydrogen-bond acceptors (Lipinski definition) is 0. The van der Waals surface area contributed by atoms with Crippen molar-refractivity contribution in [2.45, 2.75) is 78.1 Å². The SMILES string of the molecule is CC1=[N+](CCCCCC[N+]2=C(C)C(C)(C)c3ccccc32)c2ccccc2C1(C)C. The van der Waals surface area contributed by atoms with Crippen LogP contribution in [0.15, 0.2) is 48.5 Å². The van der Waals surface area contributed by atoms with E-state index < -0.39 is 0 Å². The van der Waals surface area contributed by atoms with Crippen molar-refractivity contribution >= 4 is 22.8 Å². The highest BCUT2D eigenvalue weighted by molar-refractivity contribution is 5.93. The summed E-state index contributed by atoms with van der Waals surface area (Å²) in [5, 5.41) is 0. The fourth-order valence-corrected chi connectivity index (χ4v) is 5.37. The lowest BCUT2D eigenvalue weighted by Crippen LogP contribution is -2.26. The largest absolute Gasteiger partial charge is 0.209 e. The van der Waals surface area contributed by atoms with Gasteiger partial charge in [0, 0.05) is 49.9 Å². The summed E-state index contributed by atoms with van der Waals surface area (Å²) < 4.78 is 5.12. The van der Waals surface area contributed by atoms with E-state index in [0.29, 0.717) is 0 Å². The van der Waals surface area contributed by atoms with Gasteiger partial charge in [-0.1, -0.05) is 36.4 Å². The third-order valence-corrected chi connectivity index (χ3v) is 7.87. The van der Waals surface area contributed by atoms with Crippen molar-refractivity contribution in [1.29, 1.82) is 0 Å². The molecule has 158 valence electrons. The Hall–Kier alpha value is -2.22. The highest BCUT2D eigenvalue weighted by Crippen LogP contribution is 2.40. The molecule has 0 aromatic heterocycles. The van der Waals surface area contributed by atoms with Crippen LogP contribution in [0, 0.1) is 0 Å². The number of fused-ring (bicyclic) bond motifs is 2. The summed E-state index contributed by atoms with van der Waals surface area (Å²) >= 11 is 0. The van der Waals surface area contributed by atoms with E-state index in [9.17, 15) is 0 Å². The Kier molecular flexibility index (Phi) is 5.46. The van der Waals surface area contributed by atoms with Gasteiger partial charge in [-0.2, -0.15) is 9.15 Å². The molecule has 0 saturated heterocycles. The van der Waals surface area contributed by atoms with E-state index in [4.69, 9.17) is 0 Å². The molecule has 0 fully saturated rings. The smallest absolute Gasteiger partial charge is 0.199 e. The molecule has 0 spiro atoms. The van der Waals surface area contributed by atoms with Crippen LogP contribution in [0.4, 0.5) is 11.4 Å². The normalized spacial score (nSPS) is 18.7. The number of hydrogen-bond donors (Lipinski definition) is 0. The van der Waals surface area contributed by atoms with Gasteiger partial charge in [-0.3, -0.25) is 0 Å². The summed E-state index contributed by atoms with van der Waals surface area (Å²) in [5.74, 6) is 0. The summed E-state index contributed by atoms with van der Waals surface area (Å²) in [6.07, 6.45) is 5.10. The van der Waals surface area contributed by atoms with Crippen molar-refractivity contribution in [3.63, 3.8) is 0 Å². The van der Waals surface area contributed by atoms with Crippen molar-refractivity contribution < 1.29 is 9.15 Å². The molecule has 2 heteroatoms. The minimum Gasteiger partial charge on any atom is -0.199 e. The molecule has 0 bridgehead atoms. The molecule has 0 aliphatic carbocycles. The van der Waals surface area contributed by atoms with Crippen LogP contribution in [-0.2, 0) is 10.8 Å². The first-order valence-electron chi connectivity index (χ1n) is 11.7. The first kappa shape index (κ1) is 21.0. The molecular weight excluding hydrogens is 364 g/mol. The Labute approximate surface area is 183 Å². The maximum Gasteiger partial charge on any atom is 0.209 e. The predicted octanol–water partition coefficient (Wildman–Crippen LogP) is 6.74. The fourth-order valence-electron chi connectivity index (χ4n) is 5.37. The minimum atomic E-state index is 0.153. The monoisotopic (exact) mass is 402 g/mol. The molecular formula is C28H38N2+2. The van der Waals surface area contributed by atoms with Crippen LogP contribution in [-0.4, -0.2) is 33.7 Å². The van der Waals surface area contributed by atoms with E-state index in [0.717, 1.165) is 13.1 Å². The lowest BCUT2D eigenvalue weighted by Gasteiger charge is -2.14. The fraction of sp³-hybridized carbons (Fsp3) is 0.500. The van der Waals surface area contributed by atoms with Gasteiger partial charge < -0.3 is 0 Å². The molecule has 2 nitrogen and oxygen atoms in total. The van der Waals surface area contributed by atoms with E-state index in [1.54, 1.807) is 0 Å². The molecule has 2 aliphatic heterocycles. The molecule has 0 amide bonds. The van der Waals surface area contributed by atoms with E-state index in [1.807, 2.05) is 0 Å². The summed E-state index contributed by atoms with van der Waals surface area (Å²) in [6.45, 7) is 16.3. The zero-order chi connectivity index (χ0) is 21.5. The second kappa shape index (κ2) is 7.80. The van der Waals surface area contributed by atoms with Crippen LogP contribution >= 0.6 is 0 Å². The highest BCUT2D eigenvalue weighted by atomic mass is 15.1. The van der Waals surface area contributed by atoms with Gasteiger partial charge in [0.05, 0.1) is 10.8 Å². The quantitative estimate of drug-likeness (QED) is 0.357. The van der Waals surface area contributed by atoms with Crippen molar-refractivity contribution in [2.75, 3.05) is 13.1 Å². The highest BCUT2D eigenvalue weighted by Gasteiger charge is 2.43. The Morgan fingerprint density at radius 2 is 0.933 bits per heavy atom. The number of rotatable bonds is 7. The van der Waals surface area contributed by atoms with Gasteiger partial charge in [-0.25, -0.2) is 0 Å². The van der Waals surface area contributed by atoms with Gasteiger partial charge in [0.2, 0.25) is 11.4 Å². The summed E-state index contributed by atoms with van der Waals surface area (Å²) in [7, 11) is 0. The number of para-hydroxylation sites is 2. The van der Waals surface area contributed by atoms with E-state index >= 15 is 0 Å². The van der Waals surface area contributed by atoms with Crippen LogP contribution in [0.2, 0.25) is 0 Å². The minimum absolute atomic E-state index is 0.153. The second-order valence-corrected chi connectivity index (χ2v) is 10.2. The first-order valence-corrected chi connectivity index (χ1v) is 11.7. The maximum absolute atomic E-state index is 2.56. The molecule has 2 heterocycles. The van der Waals surface area contributed by atoms with Gasteiger partial charge in [0.25, 0.3) is 0 Å². The van der Waals surface area contributed by atoms with Gasteiger partial charge in [0.1, 0.15) is 13.1 Å². The van der Waals surface area contributed by atoms with Crippen molar-refractivity contribution in [2.24, 2.45) is 0 Å². The Bertz CT molecular complexity index is 937. The van der Waals surface area contributed by atoms with Crippen LogP contribution < -0.4 is 0 Å². The average molecular weight is 403 g/mol. The van der Waals surface area contributed by atoms with E-state index in [1.165, 1.54) is 59.6 Å². The summed E-state index contributed by atoms with van der Waals surface area (Å²) in [5.41, 5.74) is 9.07. The van der Waals surface area contributed by atoms with Crippen LogP contribution in [0.3, 0.4) is 0 Å². The standard InChI is InChI=1S/C28H38N2/c1-21-27(3,4)23-15-9-11-17-25(23)29(21)19-13-7-8-14-20-30-22(2)28(5,6)24-16-10-12-18-26(24)30/h9-12,15-18H,7-8,13-14,19-20H2,1-6H3/q+2. The number of unbranched alkanes of at least 4 members (excludes halogenated alkanes) is 3. The zero-order valence-electron chi connectivity index (χ0n) is 19.8. The average Bonchev–Trinajstić information content (AvgIpc) is 3.05. The first-order chi connectivity index (χ1) is 14.3. The Morgan fingerprint density at radius 3 is 1.33 bits per heavy atom. The van der Waals surface area contributed by atoms with Crippen molar-refractivity contribution in [3.8, 4) is 0 Å². The molecule has 0 N–H and O–H groups in total. The maximum atomic E-state index is 2.56. The molecule has 0 radical (unpaired) electrons. The van der Waals surface area contributed by atoms with Gasteiger partial charge in [-0.05, 0) is 40.5 Å². The van der Waals surface area contributed by atoms with E-state index in [-0.39, 0.29) is 10.8 Å². The molecule has 4 rings (SSSR count). The zero-order valence-corrected chi connectivity index (χ0v) is 19.8. The molecule has 0 unspecified atom stereocenters. The predicted molar refractivity (Wildman–Crippen MR) is 128 cm³/mol. The summed E-state index contributed by atoms with van der Waals surface area (Å²) in [4.78, 5) is 0. The number of nitrogens with zero attached hydrogens (tertiary/aromatic N) is 2. The molecule has 0 atom stereocenters. The Morgan fingerprint density at radius 1 is 0.567 bits per heavy atom. The van der Waals surface area contributed by atoms with Crippen LogP contribution in [0.25, 0.3) is 0 Å². The molecule has 2 aliphatic rings. The second-order valence-electron chi connectivity index (χ2n) is 10.2. The lowest BCUT2D eigenvalue weighted by molar-refractivity contribution is -0.442. The Balaban J connectivity index is 1.32. The summed E-state index contributed by atoms with van der Waals surface area (Å²) in [6, 6.07) is 17.9. The molecule has 2 aromatic carbocycles. The third kappa shape index (κ3) is 3.35. The van der Waals surface area contributed by atoms with Gasteiger partial charge in [0.15, 0.2) is 11.4 Å². The van der Waals surface area contributed by atoms with Gasteiger partial charge in [-0.15, -0.1) is 0 Å². The number of benzene rings is 2. The van der Waals surface area contributed by atoms with Crippen molar-refractivity contribution in [3.05, 3.63) is 59.7 Å². The van der Waals surface area contributed by atoms with Crippen LogP contribution in [0.1, 0.15) is 78.4 Å². The van der Waals surface area contributed by atoms with Crippen LogP contribution in [0.5, 0.6) is 0 Å². The lowest BCUT2D eigenvalue weighted by atomic mass is 9.82. The topological polar surface area (TPSA) is 6.02 Å². The molecule has 30 heavy (non-hydrogen) atoms. The van der Waals surface area contributed by atoms with Crippen molar-refractivity contribution in [1.82, 2.24) is 0 Å². The molecule has 0 saturated carbocycles. The van der Waals surface area contributed by atoms with E-state index in [2.05, 4.69) is 99.2 Å². The molecule has 2 aromatic rings.